The highest BCUT2D eigenvalue weighted by Gasteiger charge is 2.18. The van der Waals surface area contributed by atoms with E-state index in [1.165, 1.54) is 13.2 Å². The number of nitrogens with two attached hydrogens (primary N) is 1. The first-order valence-corrected chi connectivity index (χ1v) is 5.08. The Morgan fingerprint density at radius 1 is 1.67 bits per heavy atom. The molecule has 0 heterocycles. The molecule has 5 heteroatoms. The molecule has 0 bridgehead atoms. The van der Waals surface area contributed by atoms with E-state index in [0.717, 1.165) is 0 Å². The molecule has 0 amide bonds. The van der Waals surface area contributed by atoms with Gasteiger partial charge in [0, 0.05) is 5.56 Å². The molecule has 15 heavy (non-hydrogen) atoms. The van der Waals surface area contributed by atoms with E-state index in [9.17, 15) is 9.18 Å². The Hall–Kier alpha value is -0.940. The number of carbonyl (C=O) groups excluding carboxylic acids is 1. The van der Waals surface area contributed by atoms with Gasteiger partial charge in [-0.1, -0.05) is 0 Å². The fourth-order valence-electron chi connectivity index (χ4n) is 1.32. The van der Waals surface area contributed by atoms with Crippen molar-refractivity contribution in [2.75, 3.05) is 13.7 Å². The molecule has 0 saturated heterocycles. The van der Waals surface area contributed by atoms with Crippen LogP contribution in [0.1, 0.15) is 15.9 Å². The lowest BCUT2D eigenvalue weighted by atomic mass is 10.1. The summed E-state index contributed by atoms with van der Waals surface area (Å²) in [5.41, 5.74) is 5.84. The summed E-state index contributed by atoms with van der Waals surface area (Å²) >= 11 is 3.03. The maximum atomic E-state index is 13.5. The highest BCUT2D eigenvalue weighted by Crippen LogP contribution is 2.31. The van der Waals surface area contributed by atoms with E-state index in [1.54, 1.807) is 6.92 Å². The van der Waals surface area contributed by atoms with Crippen molar-refractivity contribution in [1.29, 1.82) is 0 Å². The zero-order valence-electron chi connectivity index (χ0n) is 8.43. The molecule has 0 saturated carbocycles. The molecule has 2 N–H and O–H groups in total. The largest absolute Gasteiger partial charge is 0.496 e. The molecule has 0 unspecified atom stereocenters. The molecule has 3 nitrogen and oxygen atoms in total. The number of ether oxygens (including phenoxy) is 1. The molecular formula is C10H11BrFNO2. The van der Waals surface area contributed by atoms with Crippen molar-refractivity contribution >= 4 is 21.7 Å². The lowest BCUT2D eigenvalue weighted by molar-refractivity contribution is 0.0998. The molecule has 1 aromatic carbocycles. The van der Waals surface area contributed by atoms with Crippen molar-refractivity contribution in [3.63, 3.8) is 0 Å². The van der Waals surface area contributed by atoms with Crippen molar-refractivity contribution in [1.82, 2.24) is 0 Å². The van der Waals surface area contributed by atoms with Gasteiger partial charge in [-0.25, -0.2) is 4.39 Å². The summed E-state index contributed by atoms with van der Waals surface area (Å²) in [6.45, 7) is 1.42. The van der Waals surface area contributed by atoms with Gasteiger partial charge in [-0.3, -0.25) is 4.79 Å². The van der Waals surface area contributed by atoms with Gasteiger partial charge in [0.1, 0.15) is 11.6 Å². The summed E-state index contributed by atoms with van der Waals surface area (Å²) in [5, 5.41) is 0. The Morgan fingerprint density at radius 2 is 2.27 bits per heavy atom. The molecule has 0 aliphatic heterocycles. The van der Waals surface area contributed by atoms with Gasteiger partial charge in [0.25, 0.3) is 0 Å². The van der Waals surface area contributed by atoms with Gasteiger partial charge in [0.05, 0.1) is 23.7 Å². The normalized spacial score (nSPS) is 10.2. The number of hydrogen-bond acceptors (Lipinski definition) is 3. The van der Waals surface area contributed by atoms with Gasteiger partial charge in [0.15, 0.2) is 5.78 Å². The first kappa shape index (κ1) is 12.1. The Kier molecular flexibility index (Phi) is 3.82. The lowest BCUT2D eigenvalue weighted by Crippen LogP contribution is -2.15. The van der Waals surface area contributed by atoms with Gasteiger partial charge in [-0.15, -0.1) is 0 Å². The number of methoxy groups -OCH3 is 1. The van der Waals surface area contributed by atoms with Crippen LogP contribution in [0.15, 0.2) is 10.5 Å². The molecule has 0 aromatic heterocycles. The van der Waals surface area contributed by atoms with Crippen molar-refractivity contribution in [2.45, 2.75) is 6.92 Å². The molecule has 82 valence electrons. The van der Waals surface area contributed by atoms with Crippen LogP contribution in [0.2, 0.25) is 0 Å². The minimum atomic E-state index is -0.430. The summed E-state index contributed by atoms with van der Waals surface area (Å²) in [4.78, 5) is 11.5. The van der Waals surface area contributed by atoms with E-state index >= 15 is 0 Å². The van der Waals surface area contributed by atoms with E-state index in [0.29, 0.717) is 11.1 Å². The number of rotatable bonds is 3. The molecule has 1 rings (SSSR count). The van der Waals surface area contributed by atoms with E-state index in [2.05, 4.69) is 15.9 Å². The molecule has 1 aromatic rings. The van der Waals surface area contributed by atoms with Gasteiger partial charge in [-0.2, -0.15) is 0 Å². The van der Waals surface area contributed by atoms with Gasteiger partial charge >= 0.3 is 0 Å². The lowest BCUT2D eigenvalue weighted by Gasteiger charge is -2.11. The molecule has 0 spiro atoms. The third-order valence-electron chi connectivity index (χ3n) is 2.09. The second kappa shape index (κ2) is 4.72. The third kappa shape index (κ3) is 2.18. The Morgan fingerprint density at radius 3 is 2.73 bits per heavy atom. The van der Waals surface area contributed by atoms with Crippen molar-refractivity contribution in [3.05, 3.63) is 27.5 Å². The van der Waals surface area contributed by atoms with Crippen molar-refractivity contribution < 1.29 is 13.9 Å². The first-order valence-electron chi connectivity index (χ1n) is 4.28. The maximum absolute atomic E-state index is 13.5. The summed E-state index contributed by atoms with van der Waals surface area (Å²) in [7, 11) is 1.39. The number of hydrogen-bond donors (Lipinski definition) is 1. The van der Waals surface area contributed by atoms with Gasteiger partial charge < -0.3 is 10.5 Å². The van der Waals surface area contributed by atoms with Crippen LogP contribution in [0.5, 0.6) is 5.75 Å². The number of Topliss-reactive ketones (excluding diaryl/α,β-unsaturated/α-hetero) is 1. The molecule has 0 atom stereocenters. The van der Waals surface area contributed by atoms with Crippen LogP contribution in [-0.2, 0) is 0 Å². The van der Waals surface area contributed by atoms with Crippen molar-refractivity contribution in [2.24, 2.45) is 5.73 Å². The number of carbonyl (C=O) groups is 1. The minimum absolute atomic E-state index is 0.131. The first-order chi connectivity index (χ1) is 7.02. The summed E-state index contributed by atoms with van der Waals surface area (Å²) in [5.74, 6) is -0.470. The topological polar surface area (TPSA) is 52.3 Å². The monoisotopic (exact) mass is 275 g/mol. The van der Waals surface area contributed by atoms with Crippen LogP contribution in [0.4, 0.5) is 4.39 Å². The SMILES string of the molecule is COc1c(C(=O)CN)cc(Br)c(F)c1C. The minimum Gasteiger partial charge on any atom is -0.496 e. The van der Waals surface area contributed by atoms with E-state index in [-0.39, 0.29) is 22.6 Å². The molecule has 0 aliphatic carbocycles. The Labute approximate surface area is 95.5 Å². The zero-order chi connectivity index (χ0) is 11.6. The molecule has 0 fully saturated rings. The Bertz CT molecular complexity index is 407. The standard InChI is InChI=1S/C10H11BrFNO2/c1-5-9(12)7(11)3-6(8(14)4-13)10(5)15-2/h3H,4,13H2,1-2H3. The third-order valence-corrected chi connectivity index (χ3v) is 2.66. The van der Waals surface area contributed by atoms with Crippen LogP contribution < -0.4 is 10.5 Å². The average Bonchev–Trinajstić information content (AvgIpc) is 2.24. The van der Waals surface area contributed by atoms with Crippen LogP contribution in [0.3, 0.4) is 0 Å². The molecule has 0 aliphatic rings. The second-order valence-electron chi connectivity index (χ2n) is 3.01. The fraction of sp³-hybridized carbons (Fsp3) is 0.300. The Balaban J connectivity index is 3.45. The summed E-state index contributed by atoms with van der Waals surface area (Å²) in [6.07, 6.45) is 0. The predicted octanol–water partition coefficient (Wildman–Crippen LogP) is 2.05. The van der Waals surface area contributed by atoms with Crippen LogP contribution >= 0.6 is 15.9 Å². The fourth-order valence-corrected chi connectivity index (χ4v) is 1.84. The van der Waals surface area contributed by atoms with Crippen molar-refractivity contribution in [3.8, 4) is 5.75 Å². The number of ketones is 1. The van der Waals surface area contributed by atoms with E-state index in [1.807, 2.05) is 0 Å². The highest BCUT2D eigenvalue weighted by molar-refractivity contribution is 9.10. The highest BCUT2D eigenvalue weighted by atomic mass is 79.9. The van der Waals surface area contributed by atoms with Crippen LogP contribution in [0, 0.1) is 12.7 Å². The number of benzene rings is 1. The van der Waals surface area contributed by atoms with Crippen LogP contribution in [-0.4, -0.2) is 19.4 Å². The van der Waals surface area contributed by atoms with Gasteiger partial charge in [0.2, 0.25) is 0 Å². The quantitative estimate of drug-likeness (QED) is 0.859. The summed E-state index contributed by atoms with van der Waals surface area (Å²) < 4.78 is 18.7. The van der Waals surface area contributed by atoms with E-state index in [4.69, 9.17) is 10.5 Å². The zero-order valence-corrected chi connectivity index (χ0v) is 10.0. The predicted molar refractivity (Wildman–Crippen MR) is 58.8 cm³/mol. The number of halogens is 2. The van der Waals surface area contributed by atoms with Crippen LogP contribution in [0.25, 0.3) is 0 Å². The second-order valence-corrected chi connectivity index (χ2v) is 3.86. The molecule has 0 radical (unpaired) electrons. The van der Waals surface area contributed by atoms with E-state index < -0.39 is 5.82 Å². The average molecular weight is 276 g/mol. The summed E-state index contributed by atoms with van der Waals surface area (Å²) in [6, 6.07) is 1.39. The van der Waals surface area contributed by atoms with Gasteiger partial charge in [-0.05, 0) is 28.9 Å². The smallest absolute Gasteiger partial charge is 0.180 e. The molecular weight excluding hydrogens is 265 g/mol. The maximum Gasteiger partial charge on any atom is 0.180 e.